The SMILES string of the molecule is CCOC(=O)c1cnc(N)c(N)c1.CCOC(=O)c1cnc2nc(-c3cc(OC(C)C)ccc3OC(C)C)[nH]c2c1.O=C(O)C(F)(F)F. The van der Waals surface area contributed by atoms with Crippen molar-refractivity contribution in [2.24, 2.45) is 0 Å². The lowest BCUT2D eigenvalue weighted by atomic mass is 10.1. The number of anilines is 2. The number of nitrogens with zero attached hydrogens (tertiary/aromatic N) is 3. The summed E-state index contributed by atoms with van der Waals surface area (Å²) in [5.41, 5.74) is 13.7. The predicted molar refractivity (Wildman–Crippen MR) is 170 cm³/mol. The Bertz CT molecular complexity index is 1710. The number of benzene rings is 1. The average Bonchev–Trinajstić information content (AvgIpc) is 3.42. The fraction of sp³-hybridized carbons (Fsp3) is 0.355. The summed E-state index contributed by atoms with van der Waals surface area (Å²) in [5, 5.41) is 7.12. The van der Waals surface area contributed by atoms with Gasteiger partial charge < -0.3 is 40.5 Å². The molecule has 0 radical (unpaired) electrons. The van der Waals surface area contributed by atoms with Crippen molar-refractivity contribution in [3.8, 4) is 22.9 Å². The van der Waals surface area contributed by atoms with E-state index in [1.54, 1.807) is 19.9 Å². The third kappa shape index (κ3) is 11.6. The number of aliphatic carboxylic acids is 1. The largest absolute Gasteiger partial charge is 0.491 e. The number of fused-ring (bicyclic) bond motifs is 1. The molecule has 0 atom stereocenters. The van der Waals surface area contributed by atoms with Gasteiger partial charge in [-0.1, -0.05) is 0 Å². The first kappa shape index (κ1) is 38.6. The summed E-state index contributed by atoms with van der Waals surface area (Å²) in [6.07, 6.45) is -2.22. The van der Waals surface area contributed by atoms with Crippen LogP contribution in [0.1, 0.15) is 62.3 Å². The zero-order valence-electron chi connectivity index (χ0n) is 27.0. The first-order valence-corrected chi connectivity index (χ1v) is 14.5. The molecule has 0 bridgehead atoms. The molecular weight excluding hydrogens is 641 g/mol. The molecule has 0 fully saturated rings. The summed E-state index contributed by atoms with van der Waals surface area (Å²) in [6, 6.07) is 8.77. The van der Waals surface area contributed by atoms with Gasteiger partial charge in [0.05, 0.1) is 53.3 Å². The molecule has 14 nitrogen and oxygen atoms in total. The van der Waals surface area contributed by atoms with Crippen molar-refractivity contribution in [1.82, 2.24) is 19.9 Å². The fourth-order valence-corrected chi connectivity index (χ4v) is 3.57. The Morgan fingerprint density at radius 2 is 1.42 bits per heavy atom. The van der Waals surface area contributed by atoms with Crippen molar-refractivity contribution < 1.29 is 51.6 Å². The minimum Gasteiger partial charge on any atom is -0.491 e. The lowest BCUT2D eigenvalue weighted by Gasteiger charge is -2.16. The van der Waals surface area contributed by atoms with E-state index < -0.39 is 24.1 Å². The van der Waals surface area contributed by atoms with Gasteiger partial charge in [-0.25, -0.2) is 29.3 Å². The van der Waals surface area contributed by atoms with E-state index in [1.807, 2.05) is 45.9 Å². The van der Waals surface area contributed by atoms with E-state index in [4.69, 9.17) is 40.3 Å². The highest BCUT2D eigenvalue weighted by atomic mass is 19.4. The Morgan fingerprint density at radius 3 is 1.92 bits per heavy atom. The molecule has 0 aliphatic heterocycles. The lowest BCUT2D eigenvalue weighted by Crippen LogP contribution is -2.21. The number of rotatable bonds is 9. The molecule has 0 spiro atoms. The number of nitrogen functional groups attached to an aromatic ring is 2. The lowest BCUT2D eigenvalue weighted by molar-refractivity contribution is -0.192. The minimum absolute atomic E-state index is 0.00790. The van der Waals surface area contributed by atoms with Crippen LogP contribution in [0.25, 0.3) is 22.6 Å². The second-order valence-corrected chi connectivity index (χ2v) is 10.1. The standard InChI is InChI=1S/C21H25N3O4.C8H11N3O2.C2HF3O2/c1-6-26-21(25)14-9-17-20(22-11-14)24-19(23-17)16-10-15(27-12(2)3)7-8-18(16)28-13(4)5;1-2-13-8(12)5-3-6(9)7(10)11-4-5;3-2(4,5)1(6)7/h7-13H,6H2,1-5H3,(H,22,23,24);3-4H,2,9H2,1H3,(H2,10,11);(H,6,7). The summed E-state index contributed by atoms with van der Waals surface area (Å²) >= 11 is 0. The average molecular weight is 679 g/mol. The van der Waals surface area contributed by atoms with Gasteiger partial charge in [0.25, 0.3) is 0 Å². The third-order valence-corrected chi connectivity index (χ3v) is 5.49. The summed E-state index contributed by atoms with van der Waals surface area (Å²) < 4.78 is 53.3. The Labute approximate surface area is 273 Å². The molecule has 0 saturated carbocycles. The number of halogens is 3. The first-order valence-electron chi connectivity index (χ1n) is 14.5. The van der Waals surface area contributed by atoms with Gasteiger partial charge in [0, 0.05) is 12.4 Å². The molecular formula is C31H37F3N6O8. The Hall–Kier alpha value is -5.61. The molecule has 0 saturated heterocycles. The van der Waals surface area contributed by atoms with E-state index in [0.717, 1.165) is 11.3 Å². The van der Waals surface area contributed by atoms with E-state index in [1.165, 1.54) is 18.5 Å². The number of carbonyl (C=O) groups is 3. The van der Waals surface area contributed by atoms with Gasteiger partial charge in [-0.05, 0) is 71.9 Å². The first-order chi connectivity index (χ1) is 22.5. The molecule has 17 heteroatoms. The van der Waals surface area contributed by atoms with Crippen LogP contribution < -0.4 is 20.9 Å². The number of carboxylic acid groups (broad SMARTS) is 1. The predicted octanol–water partition coefficient (Wildman–Crippen LogP) is 5.43. The van der Waals surface area contributed by atoms with Crippen molar-refractivity contribution in [3.05, 3.63) is 53.9 Å². The van der Waals surface area contributed by atoms with Crippen molar-refractivity contribution >= 4 is 40.6 Å². The molecule has 48 heavy (non-hydrogen) atoms. The molecule has 3 aromatic heterocycles. The quantitative estimate of drug-likeness (QED) is 0.163. The van der Waals surface area contributed by atoms with Crippen molar-refractivity contribution in [1.29, 1.82) is 0 Å². The second kappa shape index (κ2) is 17.3. The van der Waals surface area contributed by atoms with E-state index >= 15 is 0 Å². The van der Waals surface area contributed by atoms with E-state index in [-0.39, 0.29) is 23.7 Å². The molecule has 260 valence electrons. The topological polar surface area (TPSA) is 215 Å². The highest BCUT2D eigenvalue weighted by Gasteiger charge is 2.38. The zero-order valence-corrected chi connectivity index (χ0v) is 27.0. The number of aromatic amines is 1. The summed E-state index contributed by atoms with van der Waals surface area (Å²) in [5.74, 6) is -1.39. The van der Waals surface area contributed by atoms with Crippen LogP contribution in [0.4, 0.5) is 24.7 Å². The minimum atomic E-state index is -5.08. The van der Waals surface area contributed by atoms with Crippen LogP contribution in [0.2, 0.25) is 0 Å². The molecule has 6 N–H and O–H groups in total. The van der Waals surface area contributed by atoms with Gasteiger partial charge in [-0.2, -0.15) is 13.2 Å². The molecule has 1 aromatic carbocycles. The zero-order chi connectivity index (χ0) is 36.2. The number of hydrogen-bond acceptors (Lipinski definition) is 12. The Morgan fingerprint density at radius 1 is 0.875 bits per heavy atom. The summed E-state index contributed by atoms with van der Waals surface area (Å²) in [7, 11) is 0. The maximum Gasteiger partial charge on any atom is 0.490 e. The number of ether oxygens (including phenoxy) is 4. The number of H-pyrrole nitrogens is 1. The molecule has 0 amide bonds. The van der Waals surface area contributed by atoms with Crippen molar-refractivity contribution in [2.45, 2.75) is 59.9 Å². The van der Waals surface area contributed by atoms with Crippen LogP contribution in [0, 0.1) is 0 Å². The maximum absolute atomic E-state index is 12.0. The molecule has 0 unspecified atom stereocenters. The Kier molecular flexibility index (Phi) is 13.9. The van der Waals surface area contributed by atoms with Gasteiger partial charge in [0.1, 0.15) is 23.1 Å². The van der Waals surface area contributed by atoms with E-state index in [9.17, 15) is 22.8 Å². The van der Waals surface area contributed by atoms with Crippen molar-refractivity contribution in [2.75, 3.05) is 24.7 Å². The second-order valence-electron chi connectivity index (χ2n) is 10.1. The molecule has 0 aliphatic rings. The number of esters is 2. The van der Waals surface area contributed by atoms with Crippen molar-refractivity contribution in [3.63, 3.8) is 0 Å². The number of aromatic nitrogens is 4. The van der Waals surface area contributed by atoms with Crippen LogP contribution in [-0.2, 0) is 14.3 Å². The normalized spacial score (nSPS) is 10.8. The van der Waals surface area contributed by atoms with Gasteiger partial charge in [-0.3, -0.25) is 0 Å². The van der Waals surface area contributed by atoms with Crippen LogP contribution in [0.3, 0.4) is 0 Å². The highest BCUT2D eigenvalue weighted by Crippen LogP contribution is 2.34. The number of alkyl halides is 3. The van der Waals surface area contributed by atoms with E-state index in [0.29, 0.717) is 47.1 Å². The number of pyridine rings is 2. The number of carboxylic acids is 1. The molecule has 0 aliphatic carbocycles. The molecule has 3 heterocycles. The molecule has 4 aromatic rings. The third-order valence-electron chi connectivity index (χ3n) is 5.49. The maximum atomic E-state index is 12.0. The smallest absolute Gasteiger partial charge is 0.490 e. The highest BCUT2D eigenvalue weighted by molar-refractivity contribution is 5.93. The van der Waals surface area contributed by atoms with Crippen LogP contribution in [0.15, 0.2) is 42.7 Å². The summed E-state index contributed by atoms with van der Waals surface area (Å²) in [6.45, 7) is 12.0. The molecule has 4 rings (SSSR count). The number of nitrogens with two attached hydrogens (primary N) is 2. The van der Waals surface area contributed by atoms with E-state index in [2.05, 4.69) is 19.9 Å². The number of carbonyl (C=O) groups excluding carboxylic acids is 2. The van der Waals surface area contributed by atoms with Crippen LogP contribution in [0.5, 0.6) is 11.5 Å². The van der Waals surface area contributed by atoms with Crippen LogP contribution in [-0.4, -0.2) is 74.5 Å². The van der Waals surface area contributed by atoms with Gasteiger partial charge in [0.15, 0.2) is 5.65 Å². The Balaban J connectivity index is 0.000000330. The van der Waals surface area contributed by atoms with Gasteiger partial charge in [-0.15, -0.1) is 0 Å². The summed E-state index contributed by atoms with van der Waals surface area (Å²) in [4.78, 5) is 47.8. The monoisotopic (exact) mass is 678 g/mol. The number of nitrogens with one attached hydrogen (secondary N) is 1. The number of hydrogen-bond donors (Lipinski definition) is 4. The van der Waals surface area contributed by atoms with Crippen LogP contribution >= 0.6 is 0 Å². The van der Waals surface area contributed by atoms with Gasteiger partial charge in [0.2, 0.25) is 0 Å². The fourth-order valence-electron chi connectivity index (χ4n) is 3.57. The van der Waals surface area contributed by atoms with Gasteiger partial charge >= 0.3 is 24.1 Å². The number of imidazole rings is 1.